The van der Waals surface area contributed by atoms with Gasteiger partial charge in [0.05, 0.1) is 6.04 Å². The summed E-state index contributed by atoms with van der Waals surface area (Å²) in [6.07, 6.45) is 7.21. The molecule has 2 aromatic rings. The van der Waals surface area contributed by atoms with Crippen LogP contribution in [0.2, 0.25) is 0 Å². The van der Waals surface area contributed by atoms with E-state index in [2.05, 4.69) is 15.3 Å². The molecule has 132 valence electrons. The third-order valence-corrected chi connectivity index (χ3v) is 5.44. The van der Waals surface area contributed by atoms with E-state index in [1.807, 2.05) is 17.2 Å². The van der Waals surface area contributed by atoms with Crippen molar-refractivity contribution in [1.29, 1.82) is 0 Å². The van der Waals surface area contributed by atoms with Crippen LogP contribution in [0, 0.1) is 5.92 Å². The van der Waals surface area contributed by atoms with Gasteiger partial charge in [0.15, 0.2) is 0 Å². The molecule has 0 radical (unpaired) electrons. The van der Waals surface area contributed by atoms with Gasteiger partial charge in [-0.05, 0) is 31.4 Å². The maximum Gasteiger partial charge on any atom is 0.253 e. The largest absolute Gasteiger partial charge is 0.347 e. The molecular formula is C18H22N4O2S. The Bertz CT molecular complexity index is 697. The monoisotopic (exact) mass is 358 g/mol. The fraction of sp³-hybridized carbons (Fsp3) is 0.444. The van der Waals surface area contributed by atoms with E-state index >= 15 is 0 Å². The molecular weight excluding hydrogens is 336 g/mol. The molecule has 0 saturated carbocycles. The lowest BCUT2D eigenvalue weighted by Gasteiger charge is -2.32. The van der Waals surface area contributed by atoms with Crippen LogP contribution in [0.3, 0.4) is 0 Å². The van der Waals surface area contributed by atoms with E-state index in [1.165, 1.54) is 0 Å². The van der Waals surface area contributed by atoms with Crippen molar-refractivity contribution < 1.29 is 9.59 Å². The van der Waals surface area contributed by atoms with Crippen LogP contribution in [0.25, 0.3) is 0 Å². The summed E-state index contributed by atoms with van der Waals surface area (Å²) >= 11 is 1.56. The number of carbonyl (C=O) groups is 2. The van der Waals surface area contributed by atoms with Gasteiger partial charge in [0.25, 0.3) is 5.91 Å². The normalized spacial score (nSPS) is 16.4. The Morgan fingerprint density at radius 3 is 2.60 bits per heavy atom. The van der Waals surface area contributed by atoms with Crippen LogP contribution in [0.15, 0.2) is 36.1 Å². The van der Waals surface area contributed by atoms with E-state index in [0.29, 0.717) is 31.5 Å². The highest BCUT2D eigenvalue weighted by atomic mass is 32.1. The number of piperidine rings is 1. The average molecular weight is 358 g/mol. The topological polar surface area (TPSA) is 75.2 Å². The molecule has 7 heteroatoms. The highest BCUT2D eigenvalue weighted by molar-refractivity contribution is 7.09. The molecule has 0 spiro atoms. The van der Waals surface area contributed by atoms with Crippen LogP contribution in [-0.2, 0) is 4.79 Å². The van der Waals surface area contributed by atoms with E-state index < -0.39 is 0 Å². The Morgan fingerprint density at radius 2 is 2.00 bits per heavy atom. The second-order valence-corrected chi connectivity index (χ2v) is 7.07. The minimum absolute atomic E-state index is 0.00970. The summed E-state index contributed by atoms with van der Waals surface area (Å²) in [6, 6.07) is 3.42. The number of nitrogens with one attached hydrogen (secondary N) is 1. The zero-order valence-electron chi connectivity index (χ0n) is 14.2. The summed E-state index contributed by atoms with van der Waals surface area (Å²) in [5.74, 6) is 0.0315. The third kappa shape index (κ3) is 4.22. The zero-order chi connectivity index (χ0) is 17.6. The molecule has 1 fully saturated rings. The number of nitrogens with zero attached hydrogens (tertiary/aromatic N) is 3. The van der Waals surface area contributed by atoms with Crippen molar-refractivity contribution in [2.45, 2.75) is 32.2 Å². The van der Waals surface area contributed by atoms with Crippen LogP contribution >= 0.6 is 11.3 Å². The number of amides is 2. The molecule has 0 aliphatic carbocycles. The predicted molar refractivity (Wildman–Crippen MR) is 96.2 cm³/mol. The number of hydrogen-bond acceptors (Lipinski definition) is 5. The van der Waals surface area contributed by atoms with Crippen LogP contribution < -0.4 is 5.32 Å². The van der Waals surface area contributed by atoms with E-state index in [4.69, 9.17) is 0 Å². The minimum atomic E-state index is -0.0458. The lowest BCUT2D eigenvalue weighted by molar-refractivity contribution is -0.127. The zero-order valence-corrected chi connectivity index (χ0v) is 15.0. The van der Waals surface area contributed by atoms with Crippen molar-refractivity contribution in [3.63, 3.8) is 0 Å². The number of hydrogen-bond donors (Lipinski definition) is 1. The Hall–Kier alpha value is -2.28. The maximum atomic E-state index is 12.6. The Morgan fingerprint density at radius 1 is 1.28 bits per heavy atom. The molecule has 1 saturated heterocycles. The van der Waals surface area contributed by atoms with Gasteiger partial charge in [-0.2, -0.15) is 0 Å². The fourth-order valence-electron chi connectivity index (χ4n) is 3.06. The molecule has 1 atom stereocenters. The summed E-state index contributed by atoms with van der Waals surface area (Å²) < 4.78 is 0. The van der Waals surface area contributed by atoms with Crippen LogP contribution in [0.5, 0.6) is 0 Å². The van der Waals surface area contributed by atoms with Crippen LogP contribution in [0.4, 0.5) is 0 Å². The second kappa shape index (κ2) is 8.20. The van der Waals surface area contributed by atoms with Crippen molar-refractivity contribution in [3.8, 4) is 0 Å². The Labute approximate surface area is 151 Å². The highest BCUT2D eigenvalue weighted by Crippen LogP contribution is 2.23. The summed E-state index contributed by atoms with van der Waals surface area (Å²) in [5, 5.41) is 5.98. The number of aromatic nitrogens is 2. The smallest absolute Gasteiger partial charge is 0.253 e. The van der Waals surface area contributed by atoms with Crippen molar-refractivity contribution in [2.75, 3.05) is 13.1 Å². The summed E-state index contributed by atoms with van der Waals surface area (Å²) in [4.78, 5) is 35.1. The number of thiazole rings is 1. The molecule has 1 aliphatic rings. The molecule has 2 aromatic heterocycles. The molecule has 0 bridgehead atoms. The van der Waals surface area contributed by atoms with Gasteiger partial charge in [0, 0.05) is 48.5 Å². The lowest BCUT2D eigenvalue weighted by Crippen LogP contribution is -2.43. The quantitative estimate of drug-likeness (QED) is 0.892. The third-order valence-electron chi connectivity index (χ3n) is 4.55. The van der Waals surface area contributed by atoms with Crippen molar-refractivity contribution in [3.05, 3.63) is 46.7 Å². The number of likely N-dealkylation sites (tertiary alicyclic amines) is 1. The molecule has 3 rings (SSSR count). The van der Waals surface area contributed by atoms with E-state index in [-0.39, 0.29) is 23.8 Å². The summed E-state index contributed by atoms with van der Waals surface area (Å²) in [5.41, 5.74) is 0.646. The molecule has 6 nitrogen and oxygen atoms in total. The first-order valence-corrected chi connectivity index (χ1v) is 9.46. The Kier molecular flexibility index (Phi) is 5.75. The van der Waals surface area contributed by atoms with Gasteiger partial charge in [0.2, 0.25) is 5.91 Å². The fourth-order valence-corrected chi connectivity index (χ4v) is 3.83. The first-order valence-electron chi connectivity index (χ1n) is 8.58. The number of rotatable bonds is 5. The van der Waals surface area contributed by atoms with Gasteiger partial charge in [0.1, 0.15) is 5.01 Å². The van der Waals surface area contributed by atoms with Crippen LogP contribution in [-0.4, -0.2) is 39.8 Å². The number of carbonyl (C=O) groups excluding carboxylic acids is 2. The first-order chi connectivity index (χ1) is 12.2. The highest BCUT2D eigenvalue weighted by Gasteiger charge is 2.29. The van der Waals surface area contributed by atoms with Gasteiger partial charge in [-0.1, -0.05) is 6.92 Å². The summed E-state index contributed by atoms with van der Waals surface area (Å²) in [7, 11) is 0. The van der Waals surface area contributed by atoms with Crippen LogP contribution in [0.1, 0.15) is 47.6 Å². The first kappa shape index (κ1) is 17.5. The SMILES string of the molecule is CCC(NC(=O)C1CCN(C(=O)c2ccncc2)CC1)c1nccs1. The minimum Gasteiger partial charge on any atom is -0.347 e. The Balaban J connectivity index is 1.53. The molecule has 25 heavy (non-hydrogen) atoms. The van der Waals surface area contributed by atoms with Gasteiger partial charge in [-0.25, -0.2) is 4.98 Å². The van der Waals surface area contributed by atoms with Gasteiger partial charge < -0.3 is 10.2 Å². The molecule has 3 heterocycles. The molecule has 1 unspecified atom stereocenters. The van der Waals surface area contributed by atoms with Gasteiger partial charge >= 0.3 is 0 Å². The molecule has 2 amide bonds. The van der Waals surface area contributed by atoms with Gasteiger partial charge in [-0.3, -0.25) is 14.6 Å². The summed E-state index contributed by atoms with van der Waals surface area (Å²) in [6.45, 7) is 3.25. The van der Waals surface area contributed by atoms with Crippen molar-refractivity contribution in [2.24, 2.45) is 5.92 Å². The molecule has 0 aromatic carbocycles. The molecule has 1 aliphatic heterocycles. The maximum absolute atomic E-state index is 12.6. The second-order valence-electron chi connectivity index (χ2n) is 6.14. The van der Waals surface area contributed by atoms with Gasteiger partial charge in [-0.15, -0.1) is 11.3 Å². The molecule has 1 N–H and O–H groups in total. The van der Waals surface area contributed by atoms with E-state index in [0.717, 1.165) is 11.4 Å². The van der Waals surface area contributed by atoms with Crippen molar-refractivity contribution in [1.82, 2.24) is 20.2 Å². The predicted octanol–water partition coefficient (Wildman–Crippen LogP) is 2.66. The number of pyridine rings is 1. The lowest BCUT2D eigenvalue weighted by atomic mass is 9.95. The average Bonchev–Trinajstić information content (AvgIpc) is 3.20. The standard InChI is InChI=1S/C18H22N4O2S/c1-2-15(17-20-9-12-25-17)21-16(23)13-5-10-22(11-6-13)18(24)14-3-7-19-8-4-14/h3-4,7-9,12-13,15H,2,5-6,10-11H2,1H3,(H,21,23). The van der Waals surface area contributed by atoms with E-state index in [9.17, 15) is 9.59 Å². The van der Waals surface area contributed by atoms with Crippen molar-refractivity contribution >= 4 is 23.2 Å². The van der Waals surface area contributed by atoms with E-state index in [1.54, 1.807) is 42.1 Å².